The fraction of sp³-hybridized carbons (Fsp3) is 0.455. The summed E-state index contributed by atoms with van der Waals surface area (Å²) in [7, 11) is 0. The number of nitrogens with one attached hydrogen (secondary N) is 2. The Morgan fingerprint density at radius 2 is 2.02 bits per heavy atom. The van der Waals surface area contributed by atoms with E-state index in [0.29, 0.717) is 28.7 Å². The Kier molecular flexibility index (Phi) is 10.0. The highest BCUT2D eigenvalue weighted by atomic mass is 32.7. The summed E-state index contributed by atoms with van der Waals surface area (Å²) >= 11 is 0.455. The molecule has 2 aliphatic rings. The second-order valence-electron chi connectivity index (χ2n) is 13.5. The Morgan fingerprint density at radius 3 is 2.74 bits per heavy atom. The van der Waals surface area contributed by atoms with Crippen LogP contribution in [0.5, 0.6) is 5.75 Å². The lowest BCUT2D eigenvalue weighted by Crippen LogP contribution is -2.42. The minimum atomic E-state index is -4.19. The van der Waals surface area contributed by atoms with Crippen LogP contribution in [0, 0.1) is 17.8 Å². The number of alkyl halides is 1. The molecular formula is C33H39FN7O7PS. The molecule has 1 aliphatic heterocycles. The molecule has 1 saturated heterocycles. The van der Waals surface area contributed by atoms with Crippen LogP contribution in [0.1, 0.15) is 46.8 Å². The summed E-state index contributed by atoms with van der Waals surface area (Å²) in [4.78, 5) is 25.7. The van der Waals surface area contributed by atoms with Crippen LogP contribution >= 0.6 is 18.4 Å². The highest BCUT2D eigenvalue weighted by Crippen LogP contribution is 2.58. The van der Waals surface area contributed by atoms with E-state index in [9.17, 15) is 14.5 Å². The van der Waals surface area contributed by atoms with Crippen LogP contribution < -0.4 is 20.3 Å². The summed E-state index contributed by atoms with van der Waals surface area (Å²) in [5, 5.41) is 18.7. The maximum atomic E-state index is 16.5. The quantitative estimate of drug-likeness (QED) is 0.0613. The summed E-state index contributed by atoms with van der Waals surface area (Å²) in [5.74, 6) is 2.02. The molecule has 0 bridgehead atoms. The number of rotatable bonds is 13. The van der Waals surface area contributed by atoms with E-state index in [1.165, 1.54) is 17.8 Å². The predicted molar refractivity (Wildman–Crippen MR) is 188 cm³/mol. The van der Waals surface area contributed by atoms with Gasteiger partial charge >= 0.3 is 12.7 Å². The first-order chi connectivity index (χ1) is 23.7. The molecule has 17 heteroatoms. The summed E-state index contributed by atoms with van der Waals surface area (Å²) in [6, 6.07) is 11.9. The maximum Gasteiger partial charge on any atom is 0.365 e. The van der Waals surface area contributed by atoms with Crippen molar-refractivity contribution in [3.63, 3.8) is 0 Å². The third-order valence-corrected chi connectivity index (χ3v) is 11.1. The van der Waals surface area contributed by atoms with Crippen molar-refractivity contribution in [2.45, 2.75) is 76.7 Å². The number of anilines is 2. The van der Waals surface area contributed by atoms with Crippen molar-refractivity contribution in [3.05, 3.63) is 48.8 Å². The highest BCUT2D eigenvalue weighted by molar-refractivity contribution is 8.53. The zero-order valence-corrected chi connectivity index (χ0v) is 29.6. The zero-order chi connectivity index (χ0) is 35.8. The molecule has 2 fully saturated rings. The number of carbonyl (C=O) groups is 1. The number of aliphatic hydroxyl groups is 1. The fourth-order valence-electron chi connectivity index (χ4n) is 5.25. The minimum Gasteiger partial charge on any atom is -0.464 e. The average Bonchev–Trinajstić information content (AvgIpc) is 3.74. The van der Waals surface area contributed by atoms with Gasteiger partial charge in [0.1, 0.15) is 24.0 Å². The number of aliphatic hydroxyl groups excluding tert-OH is 1. The van der Waals surface area contributed by atoms with Gasteiger partial charge < -0.3 is 34.3 Å². The molecule has 2 aromatic heterocycles. The van der Waals surface area contributed by atoms with Crippen LogP contribution in [0.4, 0.5) is 16.2 Å². The Bertz CT molecular complexity index is 1980. The SMILES string of the molecule is C#C[C@@]1(F)[C@H](O)[C@@H](COP(=O)(N[C@@H](C)C(=O)OCC(C)(C)C)SOc2cccc3ccccc23)O[C@H]1n1cnc2c(NC3CC3)nc(N)nc21. The number of hydrogen-bond acceptors (Lipinski definition) is 13. The fourth-order valence-corrected chi connectivity index (χ4v) is 8.11. The first-order valence-electron chi connectivity index (χ1n) is 16.0. The van der Waals surface area contributed by atoms with E-state index in [2.05, 4.69) is 25.4 Å². The Labute approximate surface area is 292 Å². The van der Waals surface area contributed by atoms with Gasteiger partial charge in [-0.1, -0.05) is 63.1 Å². The van der Waals surface area contributed by atoms with Gasteiger partial charge in [-0.25, -0.2) is 14.5 Å². The van der Waals surface area contributed by atoms with Crippen LogP contribution in [0.15, 0.2) is 48.8 Å². The Hall–Kier alpha value is -3.97. The molecule has 266 valence electrons. The van der Waals surface area contributed by atoms with Crippen molar-refractivity contribution in [1.29, 1.82) is 0 Å². The third kappa shape index (κ3) is 7.68. The highest BCUT2D eigenvalue weighted by Gasteiger charge is 2.58. The molecular weight excluding hydrogens is 688 g/mol. The van der Waals surface area contributed by atoms with Crippen molar-refractivity contribution in [2.75, 3.05) is 24.3 Å². The molecule has 14 nitrogen and oxygen atoms in total. The molecule has 2 aromatic carbocycles. The standard InChI is InChI=1S/C33H39FN7O7PS/c1-6-33(34)26(42)24(47-30(33)41-18-36-25-27(37-21-14-15-21)38-31(35)39-28(25)41)16-46-49(44,40-19(2)29(43)45-17-32(3,4)5)50-48-23-13-9-11-20-10-7-8-12-22(20)23/h1,7-13,18-19,21,24,26,30,42H,14-17H2,2-5H3,(H,40,44)(H3,35,37,38,39)/t19-,24+,26+,30+,33+,49?/m0/s1. The first-order valence-corrected chi connectivity index (χ1v) is 19.0. The molecule has 50 heavy (non-hydrogen) atoms. The lowest BCUT2D eigenvalue weighted by atomic mass is 9.97. The number of ether oxygens (including phenoxy) is 2. The second-order valence-corrected chi connectivity index (χ2v) is 17.2. The smallest absolute Gasteiger partial charge is 0.365 e. The van der Waals surface area contributed by atoms with Gasteiger partial charge in [0.2, 0.25) is 11.6 Å². The number of fused-ring (bicyclic) bond motifs is 2. The van der Waals surface area contributed by atoms with Crippen LogP contribution in [0.3, 0.4) is 0 Å². The van der Waals surface area contributed by atoms with Gasteiger partial charge in [0.25, 0.3) is 0 Å². The number of hydrogen-bond donors (Lipinski definition) is 4. The Balaban J connectivity index is 1.23. The molecule has 0 amide bonds. The van der Waals surface area contributed by atoms with Gasteiger partial charge in [0.15, 0.2) is 34.9 Å². The first kappa shape index (κ1) is 35.8. The van der Waals surface area contributed by atoms with E-state index in [1.807, 2.05) is 57.0 Å². The minimum absolute atomic E-state index is 0.0867. The molecule has 0 spiro atoms. The lowest BCUT2D eigenvalue weighted by molar-refractivity contribution is -0.148. The number of nitrogens with two attached hydrogens (primary N) is 1. The van der Waals surface area contributed by atoms with Crippen LogP contribution in [0.2, 0.25) is 0 Å². The molecule has 6 rings (SSSR count). The van der Waals surface area contributed by atoms with Gasteiger partial charge in [0, 0.05) is 11.4 Å². The van der Waals surface area contributed by atoms with E-state index in [-0.39, 0.29) is 29.7 Å². The molecule has 1 unspecified atom stereocenters. The van der Waals surface area contributed by atoms with Crippen molar-refractivity contribution >= 4 is 58.1 Å². The maximum absolute atomic E-state index is 16.5. The van der Waals surface area contributed by atoms with E-state index in [4.69, 9.17) is 30.3 Å². The average molecular weight is 728 g/mol. The van der Waals surface area contributed by atoms with Gasteiger partial charge in [-0.05, 0) is 36.6 Å². The van der Waals surface area contributed by atoms with E-state index in [0.717, 1.165) is 23.6 Å². The number of nitrogens with zero attached hydrogens (tertiary/aromatic N) is 4. The van der Waals surface area contributed by atoms with Crippen LogP contribution in [-0.2, 0) is 23.4 Å². The number of carbonyl (C=O) groups excluding carboxylic acids is 1. The monoisotopic (exact) mass is 727 g/mol. The molecule has 3 heterocycles. The largest absolute Gasteiger partial charge is 0.464 e. The van der Waals surface area contributed by atoms with Crippen molar-refractivity contribution < 1.29 is 37.0 Å². The van der Waals surface area contributed by atoms with Crippen LogP contribution in [-0.4, -0.2) is 73.8 Å². The van der Waals surface area contributed by atoms with Gasteiger partial charge in [-0.2, -0.15) is 9.97 Å². The number of esters is 1. The summed E-state index contributed by atoms with van der Waals surface area (Å²) in [5.41, 5.74) is 3.31. The zero-order valence-electron chi connectivity index (χ0n) is 27.9. The molecule has 1 saturated carbocycles. The van der Waals surface area contributed by atoms with E-state index >= 15 is 4.39 Å². The normalized spacial score (nSPS) is 24.1. The van der Waals surface area contributed by atoms with Gasteiger partial charge in [-0.15, -0.1) is 6.42 Å². The third-order valence-electron chi connectivity index (χ3n) is 8.01. The Morgan fingerprint density at radius 1 is 1.28 bits per heavy atom. The number of nitrogen functional groups attached to an aromatic ring is 1. The summed E-state index contributed by atoms with van der Waals surface area (Å²) < 4.78 is 55.2. The summed E-state index contributed by atoms with van der Waals surface area (Å²) in [6.07, 6.45) is 3.83. The van der Waals surface area contributed by atoms with Gasteiger partial charge in [-0.3, -0.25) is 13.9 Å². The van der Waals surface area contributed by atoms with Crippen molar-refractivity contribution in [3.8, 4) is 18.1 Å². The number of aromatic nitrogens is 4. The molecule has 0 radical (unpaired) electrons. The molecule has 5 N–H and O–H groups in total. The van der Waals surface area contributed by atoms with Crippen molar-refractivity contribution in [1.82, 2.24) is 24.6 Å². The topological polar surface area (TPSA) is 185 Å². The number of terminal acetylenes is 1. The molecule has 1 aliphatic carbocycles. The molecule has 4 aromatic rings. The lowest BCUT2D eigenvalue weighted by Gasteiger charge is -2.25. The number of halogens is 1. The van der Waals surface area contributed by atoms with E-state index in [1.54, 1.807) is 12.1 Å². The number of benzene rings is 2. The van der Waals surface area contributed by atoms with Crippen molar-refractivity contribution in [2.24, 2.45) is 5.41 Å². The van der Waals surface area contributed by atoms with E-state index < -0.39 is 49.4 Å². The molecule has 6 atom stereocenters. The van der Waals surface area contributed by atoms with Crippen LogP contribution in [0.25, 0.3) is 21.9 Å². The summed E-state index contributed by atoms with van der Waals surface area (Å²) in [6.45, 7) is 2.48. The number of imidazole rings is 1. The predicted octanol–water partition coefficient (Wildman–Crippen LogP) is 5.16. The van der Waals surface area contributed by atoms with Gasteiger partial charge in [0.05, 0.1) is 19.5 Å². The second kappa shape index (κ2) is 14.0.